The van der Waals surface area contributed by atoms with Crippen molar-refractivity contribution in [3.05, 3.63) is 40.6 Å². The van der Waals surface area contributed by atoms with E-state index in [4.69, 9.17) is 11.0 Å². The highest BCUT2D eigenvalue weighted by Gasteiger charge is 2.15. The van der Waals surface area contributed by atoms with Gasteiger partial charge in [0.25, 0.3) is 0 Å². The minimum absolute atomic E-state index is 0.00778. The zero-order valence-electron chi connectivity index (χ0n) is 8.00. The van der Waals surface area contributed by atoms with E-state index in [0.29, 0.717) is 12.4 Å². The van der Waals surface area contributed by atoms with Gasteiger partial charge >= 0.3 is 0 Å². The number of nitrogens with zero attached hydrogens (tertiary/aromatic N) is 3. The second-order valence-electron chi connectivity index (χ2n) is 3.08. The quantitative estimate of drug-likeness (QED) is 0.845. The summed E-state index contributed by atoms with van der Waals surface area (Å²) in [7, 11) is 0. The van der Waals surface area contributed by atoms with E-state index in [9.17, 15) is 0 Å². The van der Waals surface area contributed by atoms with Gasteiger partial charge in [0.05, 0.1) is 6.04 Å². The van der Waals surface area contributed by atoms with E-state index in [1.807, 2.05) is 21.4 Å². The highest BCUT2D eigenvalue weighted by molar-refractivity contribution is 7.07. The minimum atomic E-state index is 0.00778. The van der Waals surface area contributed by atoms with Crippen LogP contribution in [-0.2, 0) is 0 Å². The number of rotatable bonds is 3. The summed E-state index contributed by atoms with van der Waals surface area (Å²) in [5.74, 6) is 0.400. The summed E-state index contributed by atoms with van der Waals surface area (Å²) in [6.45, 7) is 0.460. The van der Waals surface area contributed by atoms with Gasteiger partial charge in [-0.15, -0.1) is 0 Å². The fourth-order valence-corrected chi connectivity index (χ4v) is 2.23. The topological polar surface area (TPSA) is 67.6 Å². The Kier molecular flexibility index (Phi) is 2.81. The number of nitriles is 1. The molecule has 2 rings (SSSR count). The molecule has 0 aliphatic carbocycles. The van der Waals surface area contributed by atoms with E-state index < -0.39 is 0 Å². The summed E-state index contributed by atoms with van der Waals surface area (Å²) >= 11 is 1.62. The van der Waals surface area contributed by atoms with Crippen LogP contribution in [0.1, 0.15) is 17.4 Å². The lowest BCUT2D eigenvalue weighted by Crippen LogP contribution is -2.20. The Morgan fingerprint density at radius 3 is 3.13 bits per heavy atom. The van der Waals surface area contributed by atoms with Crippen LogP contribution in [0.2, 0.25) is 0 Å². The summed E-state index contributed by atoms with van der Waals surface area (Å²) in [5, 5.41) is 12.9. The van der Waals surface area contributed by atoms with Crippen LogP contribution in [0.4, 0.5) is 0 Å². The molecular formula is C10H10N4S. The van der Waals surface area contributed by atoms with Crippen LogP contribution in [0.3, 0.4) is 0 Å². The van der Waals surface area contributed by atoms with Gasteiger partial charge in [0, 0.05) is 18.9 Å². The Morgan fingerprint density at radius 2 is 2.53 bits per heavy atom. The van der Waals surface area contributed by atoms with Crippen molar-refractivity contribution in [2.24, 2.45) is 5.73 Å². The first-order valence-electron chi connectivity index (χ1n) is 4.52. The zero-order chi connectivity index (χ0) is 10.7. The van der Waals surface area contributed by atoms with E-state index >= 15 is 0 Å². The predicted molar refractivity (Wildman–Crippen MR) is 58.5 cm³/mol. The fraction of sp³-hybridized carbons (Fsp3) is 0.200. The third kappa shape index (κ3) is 1.77. The average Bonchev–Trinajstić information content (AvgIpc) is 2.89. The van der Waals surface area contributed by atoms with Crippen molar-refractivity contribution in [2.45, 2.75) is 6.04 Å². The normalized spacial score (nSPS) is 12.3. The lowest BCUT2D eigenvalue weighted by molar-refractivity contribution is 0.589. The maximum Gasteiger partial charge on any atom is 0.213 e. The largest absolute Gasteiger partial charge is 0.328 e. The molecule has 0 bridgehead atoms. The van der Waals surface area contributed by atoms with Crippen LogP contribution < -0.4 is 5.73 Å². The molecule has 4 nitrogen and oxygen atoms in total. The fourth-order valence-electron chi connectivity index (χ4n) is 1.53. The molecule has 2 aromatic rings. The molecule has 0 spiro atoms. The first-order chi connectivity index (χ1) is 7.36. The Labute approximate surface area is 91.6 Å². The molecule has 2 N–H and O–H groups in total. The summed E-state index contributed by atoms with van der Waals surface area (Å²) in [6, 6.07) is 4.08. The van der Waals surface area contributed by atoms with Gasteiger partial charge in [-0.25, -0.2) is 4.98 Å². The van der Waals surface area contributed by atoms with Gasteiger partial charge in [0.15, 0.2) is 0 Å². The SMILES string of the molecule is N#Cc1nccn1C(CN)c1ccsc1. The van der Waals surface area contributed by atoms with Gasteiger partial charge in [-0.3, -0.25) is 0 Å². The molecule has 1 atom stereocenters. The lowest BCUT2D eigenvalue weighted by Gasteiger charge is -2.15. The van der Waals surface area contributed by atoms with Crippen molar-refractivity contribution in [3.63, 3.8) is 0 Å². The van der Waals surface area contributed by atoms with Gasteiger partial charge in [-0.2, -0.15) is 16.6 Å². The molecule has 0 fully saturated rings. The zero-order valence-corrected chi connectivity index (χ0v) is 8.81. The van der Waals surface area contributed by atoms with Crippen molar-refractivity contribution in [1.82, 2.24) is 9.55 Å². The van der Waals surface area contributed by atoms with E-state index in [0.717, 1.165) is 5.56 Å². The van der Waals surface area contributed by atoms with Crippen molar-refractivity contribution in [3.8, 4) is 6.07 Å². The second kappa shape index (κ2) is 4.26. The van der Waals surface area contributed by atoms with Gasteiger partial charge in [-0.05, 0) is 22.4 Å². The third-order valence-corrected chi connectivity index (χ3v) is 2.96. The summed E-state index contributed by atoms with van der Waals surface area (Å²) < 4.78 is 1.81. The van der Waals surface area contributed by atoms with E-state index in [1.54, 1.807) is 23.7 Å². The first kappa shape index (κ1) is 9.90. The summed E-state index contributed by atoms with van der Waals surface area (Å²) in [4.78, 5) is 3.96. The minimum Gasteiger partial charge on any atom is -0.328 e. The molecule has 2 heterocycles. The van der Waals surface area contributed by atoms with Crippen LogP contribution in [0, 0.1) is 11.3 Å². The lowest BCUT2D eigenvalue weighted by atomic mass is 10.1. The predicted octanol–water partition coefficient (Wildman–Crippen LogP) is 1.36. The molecule has 0 radical (unpaired) electrons. The molecule has 0 aromatic carbocycles. The number of aromatic nitrogens is 2. The molecule has 1 unspecified atom stereocenters. The van der Waals surface area contributed by atoms with Crippen LogP contribution in [0.25, 0.3) is 0 Å². The molecule has 0 saturated heterocycles. The Morgan fingerprint density at radius 1 is 1.67 bits per heavy atom. The van der Waals surface area contributed by atoms with Gasteiger partial charge in [-0.1, -0.05) is 0 Å². The highest BCUT2D eigenvalue weighted by Crippen LogP contribution is 2.20. The average molecular weight is 218 g/mol. The summed E-state index contributed by atoms with van der Waals surface area (Å²) in [5.41, 5.74) is 6.85. The number of nitrogens with two attached hydrogens (primary N) is 1. The van der Waals surface area contributed by atoms with Crippen LogP contribution in [0.5, 0.6) is 0 Å². The molecule has 0 aliphatic rings. The highest BCUT2D eigenvalue weighted by atomic mass is 32.1. The van der Waals surface area contributed by atoms with Crippen molar-refractivity contribution in [2.75, 3.05) is 6.54 Å². The van der Waals surface area contributed by atoms with E-state index in [1.165, 1.54) is 0 Å². The first-order valence-corrected chi connectivity index (χ1v) is 5.46. The molecule has 0 saturated carbocycles. The van der Waals surface area contributed by atoms with Gasteiger partial charge in [0.1, 0.15) is 6.07 Å². The van der Waals surface area contributed by atoms with Crippen molar-refractivity contribution < 1.29 is 0 Å². The second-order valence-corrected chi connectivity index (χ2v) is 3.86. The Hall–Kier alpha value is -1.64. The van der Waals surface area contributed by atoms with Crippen molar-refractivity contribution >= 4 is 11.3 Å². The Bertz CT molecular complexity index is 466. The molecule has 15 heavy (non-hydrogen) atoms. The maximum absolute atomic E-state index is 8.88. The third-order valence-electron chi connectivity index (χ3n) is 2.26. The standard InChI is InChI=1S/C10H10N4S/c11-5-9(8-1-4-15-7-8)14-3-2-13-10(14)6-12/h1-4,7,9H,5,11H2. The van der Waals surface area contributed by atoms with E-state index in [2.05, 4.69) is 11.1 Å². The molecule has 0 amide bonds. The van der Waals surface area contributed by atoms with Gasteiger partial charge in [0.2, 0.25) is 5.82 Å². The number of thiophene rings is 1. The van der Waals surface area contributed by atoms with E-state index in [-0.39, 0.29) is 6.04 Å². The Balaban J connectivity index is 2.40. The molecule has 2 aromatic heterocycles. The van der Waals surface area contributed by atoms with Crippen LogP contribution >= 0.6 is 11.3 Å². The molecule has 0 aliphatic heterocycles. The number of hydrogen-bond donors (Lipinski definition) is 1. The maximum atomic E-state index is 8.88. The smallest absolute Gasteiger partial charge is 0.213 e. The molecule has 5 heteroatoms. The molecular weight excluding hydrogens is 208 g/mol. The van der Waals surface area contributed by atoms with Crippen LogP contribution in [0.15, 0.2) is 29.2 Å². The number of imidazole rings is 1. The van der Waals surface area contributed by atoms with Crippen molar-refractivity contribution in [1.29, 1.82) is 5.26 Å². The number of hydrogen-bond acceptors (Lipinski definition) is 4. The molecule has 76 valence electrons. The van der Waals surface area contributed by atoms with Gasteiger partial charge < -0.3 is 10.3 Å². The monoisotopic (exact) mass is 218 g/mol. The summed E-state index contributed by atoms with van der Waals surface area (Å²) in [6.07, 6.45) is 3.40. The van der Waals surface area contributed by atoms with Crippen LogP contribution in [-0.4, -0.2) is 16.1 Å².